The molecule has 0 aliphatic heterocycles. The second kappa shape index (κ2) is 6.86. The molecule has 0 aliphatic rings. The lowest BCUT2D eigenvalue weighted by atomic mass is 10.1. The second-order valence-electron chi connectivity index (χ2n) is 5.77. The van der Waals surface area contributed by atoms with Crippen molar-refractivity contribution < 1.29 is 4.79 Å². The van der Waals surface area contributed by atoms with E-state index < -0.39 is 0 Å². The molecule has 0 atom stereocenters. The molecule has 0 aliphatic carbocycles. The van der Waals surface area contributed by atoms with Gasteiger partial charge in [0.2, 0.25) is 0 Å². The summed E-state index contributed by atoms with van der Waals surface area (Å²) in [7, 11) is 0. The Bertz CT molecular complexity index is 1000. The molecule has 2 aromatic carbocycles. The fourth-order valence-corrected chi connectivity index (χ4v) is 3.86. The molecule has 0 unspecified atom stereocenters. The molecule has 0 fully saturated rings. The van der Waals surface area contributed by atoms with Crippen molar-refractivity contribution in [2.75, 3.05) is 0 Å². The topological polar surface area (TPSA) is 34.4 Å². The molecule has 0 bridgehead atoms. The molecular formula is C20H18N2OS. The predicted octanol–water partition coefficient (Wildman–Crippen LogP) is 3.62. The molecule has 0 radical (unpaired) electrons. The first-order chi connectivity index (χ1) is 11.6. The summed E-state index contributed by atoms with van der Waals surface area (Å²) in [6.07, 6.45) is 5.81. The summed E-state index contributed by atoms with van der Waals surface area (Å²) in [4.78, 5) is 17.3. The maximum absolute atomic E-state index is 12.3. The normalized spacial score (nSPS) is 11.6. The maximum Gasteiger partial charge on any atom is 0.252 e. The zero-order valence-electron chi connectivity index (χ0n) is 13.7. The van der Waals surface area contributed by atoms with Crippen molar-refractivity contribution in [3.05, 3.63) is 64.0 Å². The first-order valence-electron chi connectivity index (χ1n) is 7.74. The van der Waals surface area contributed by atoms with E-state index in [-0.39, 0.29) is 5.91 Å². The molecule has 1 aromatic heterocycles. The van der Waals surface area contributed by atoms with Gasteiger partial charge in [0.05, 0.1) is 23.2 Å². The number of carbonyl (C=O) groups is 1. The van der Waals surface area contributed by atoms with Crippen molar-refractivity contribution in [3.63, 3.8) is 0 Å². The van der Waals surface area contributed by atoms with E-state index >= 15 is 0 Å². The molecular weight excluding hydrogens is 316 g/mol. The van der Waals surface area contributed by atoms with E-state index in [9.17, 15) is 4.79 Å². The van der Waals surface area contributed by atoms with Crippen LogP contribution in [0.4, 0.5) is 0 Å². The third kappa shape index (κ3) is 3.32. The fourth-order valence-electron chi connectivity index (χ4n) is 2.76. The fraction of sp³-hybridized carbons (Fsp3) is 0.200. The first kappa shape index (κ1) is 16.2. The SMILES string of the molecule is C#CCn1c(=NC(=O)Cc2ccccc2)sc2c(C)cc(C)cc21. The minimum Gasteiger partial charge on any atom is -0.305 e. The monoisotopic (exact) mass is 334 g/mol. The molecule has 3 aromatic rings. The third-order valence-corrected chi connectivity index (χ3v) is 5.01. The van der Waals surface area contributed by atoms with Crippen LogP contribution < -0.4 is 4.80 Å². The number of terminal acetylenes is 1. The number of benzene rings is 2. The summed E-state index contributed by atoms with van der Waals surface area (Å²) < 4.78 is 3.07. The van der Waals surface area contributed by atoms with Gasteiger partial charge in [0.25, 0.3) is 5.91 Å². The summed E-state index contributed by atoms with van der Waals surface area (Å²) in [5.74, 6) is 2.50. The molecule has 0 spiro atoms. The zero-order valence-corrected chi connectivity index (χ0v) is 14.6. The van der Waals surface area contributed by atoms with Crippen LogP contribution in [0.2, 0.25) is 0 Å². The molecule has 3 nitrogen and oxygen atoms in total. The Morgan fingerprint density at radius 3 is 2.71 bits per heavy atom. The van der Waals surface area contributed by atoms with Crippen LogP contribution in [0.25, 0.3) is 10.2 Å². The average molecular weight is 334 g/mol. The average Bonchev–Trinajstić information content (AvgIpc) is 2.87. The Balaban J connectivity index is 2.08. The summed E-state index contributed by atoms with van der Waals surface area (Å²) in [5.41, 5.74) is 4.35. The molecule has 1 heterocycles. The summed E-state index contributed by atoms with van der Waals surface area (Å²) in [6, 6.07) is 13.9. The van der Waals surface area contributed by atoms with Crippen molar-refractivity contribution >= 4 is 27.5 Å². The Labute approximate surface area is 145 Å². The second-order valence-corrected chi connectivity index (χ2v) is 6.75. The number of aromatic nitrogens is 1. The molecule has 4 heteroatoms. The van der Waals surface area contributed by atoms with Crippen molar-refractivity contribution in [1.29, 1.82) is 0 Å². The van der Waals surface area contributed by atoms with Crippen LogP contribution in [-0.2, 0) is 17.8 Å². The number of hydrogen-bond acceptors (Lipinski definition) is 2. The Morgan fingerprint density at radius 1 is 1.25 bits per heavy atom. The smallest absolute Gasteiger partial charge is 0.252 e. The van der Waals surface area contributed by atoms with Crippen LogP contribution >= 0.6 is 11.3 Å². The van der Waals surface area contributed by atoms with Crippen LogP contribution in [0.3, 0.4) is 0 Å². The minimum atomic E-state index is -0.159. The van der Waals surface area contributed by atoms with E-state index in [1.165, 1.54) is 22.5 Å². The maximum atomic E-state index is 12.3. The molecule has 0 N–H and O–H groups in total. The molecule has 120 valence electrons. The number of hydrogen-bond donors (Lipinski definition) is 0. The quantitative estimate of drug-likeness (QED) is 0.674. The van der Waals surface area contributed by atoms with E-state index in [0.717, 1.165) is 15.8 Å². The van der Waals surface area contributed by atoms with Gasteiger partial charge in [0.1, 0.15) is 0 Å². The van der Waals surface area contributed by atoms with Crippen LogP contribution in [0, 0.1) is 26.2 Å². The van der Waals surface area contributed by atoms with E-state index in [0.29, 0.717) is 17.8 Å². The molecule has 0 saturated carbocycles. The highest BCUT2D eigenvalue weighted by Gasteiger charge is 2.10. The van der Waals surface area contributed by atoms with Gasteiger partial charge in [-0.05, 0) is 36.6 Å². The number of aryl methyl sites for hydroxylation is 2. The summed E-state index contributed by atoms with van der Waals surface area (Å²) >= 11 is 1.52. The van der Waals surface area contributed by atoms with E-state index in [1.54, 1.807) is 0 Å². The van der Waals surface area contributed by atoms with Crippen LogP contribution in [0.1, 0.15) is 16.7 Å². The first-order valence-corrected chi connectivity index (χ1v) is 8.55. The van der Waals surface area contributed by atoms with Crippen LogP contribution in [0.15, 0.2) is 47.5 Å². The number of nitrogens with zero attached hydrogens (tertiary/aromatic N) is 2. The Morgan fingerprint density at radius 2 is 2.00 bits per heavy atom. The number of amides is 1. The van der Waals surface area contributed by atoms with Gasteiger partial charge in [-0.2, -0.15) is 4.99 Å². The Hall–Kier alpha value is -2.64. The summed E-state index contributed by atoms with van der Waals surface area (Å²) in [5, 5.41) is 0. The number of rotatable bonds is 3. The molecule has 1 amide bonds. The lowest BCUT2D eigenvalue weighted by Gasteiger charge is -2.02. The van der Waals surface area contributed by atoms with Gasteiger partial charge in [-0.3, -0.25) is 4.79 Å². The highest BCUT2D eigenvalue weighted by atomic mass is 32.1. The van der Waals surface area contributed by atoms with Crippen molar-refractivity contribution in [3.8, 4) is 12.3 Å². The van der Waals surface area contributed by atoms with Crippen molar-refractivity contribution in [1.82, 2.24) is 4.57 Å². The van der Waals surface area contributed by atoms with E-state index in [1.807, 2.05) is 34.9 Å². The lowest BCUT2D eigenvalue weighted by Crippen LogP contribution is -2.17. The zero-order chi connectivity index (χ0) is 17.1. The van der Waals surface area contributed by atoms with Gasteiger partial charge in [-0.25, -0.2) is 0 Å². The van der Waals surface area contributed by atoms with E-state index in [2.05, 4.69) is 36.9 Å². The van der Waals surface area contributed by atoms with Crippen LogP contribution in [0.5, 0.6) is 0 Å². The highest BCUT2D eigenvalue weighted by molar-refractivity contribution is 7.16. The molecule has 0 saturated heterocycles. The van der Waals surface area contributed by atoms with E-state index in [4.69, 9.17) is 6.42 Å². The van der Waals surface area contributed by atoms with Gasteiger partial charge in [0.15, 0.2) is 4.80 Å². The Kier molecular flexibility index (Phi) is 4.64. The van der Waals surface area contributed by atoms with Crippen LogP contribution in [-0.4, -0.2) is 10.5 Å². The van der Waals surface area contributed by atoms with Crippen molar-refractivity contribution in [2.45, 2.75) is 26.8 Å². The number of thiazole rings is 1. The van der Waals surface area contributed by atoms with Gasteiger partial charge >= 0.3 is 0 Å². The van der Waals surface area contributed by atoms with Gasteiger partial charge in [0, 0.05) is 0 Å². The third-order valence-electron chi connectivity index (χ3n) is 3.78. The van der Waals surface area contributed by atoms with Gasteiger partial charge in [-0.15, -0.1) is 6.42 Å². The van der Waals surface area contributed by atoms with Crippen molar-refractivity contribution in [2.24, 2.45) is 4.99 Å². The van der Waals surface area contributed by atoms with Gasteiger partial charge in [-0.1, -0.05) is 53.7 Å². The number of carbonyl (C=O) groups excluding carboxylic acids is 1. The minimum absolute atomic E-state index is 0.159. The molecule has 3 rings (SSSR count). The highest BCUT2D eigenvalue weighted by Crippen LogP contribution is 2.23. The predicted molar refractivity (Wildman–Crippen MR) is 98.8 cm³/mol. The van der Waals surface area contributed by atoms with Gasteiger partial charge < -0.3 is 4.57 Å². The summed E-state index contributed by atoms with van der Waals surface area (Å²) in [6.45, 7) is 4.53. The lowest BCUT2D eigenvalue weighted by molar-refractivity contribution is -0.117. The molecule has 24 heavy (non-hydrogen) atoms. The largest absolute Gasteiger partial charge is 0.305 e. The number of fused-ring (bicyclic) bond motifs is 1. The standard InChI is InChI=1S/C20H18N2OS/c1-4-10-22-17-12-14(2)11-15(3)19(17)24-20(22)21-18(23)13-16-8-6-5-7-9-16/h1,5-9,11-12H,10,13H2,2-3H3.